The van der Waals surface area contributed by atoms with Gasteiger partial charge in [0.2, 0.25) is 0 Å². The van der Waals surface area contributed by atoms with Gasteiger partial charge in [-0.25, -0.2) is 4.98 Å². The Hall–Kier alpha value is -0.120. The molecule has 1 aromatic heterocycles. The molecule has 1 unspecified atom stereocenters. The van der Waals surface area contributed by atoms with Crippen molar-refractivity contribution in [3.8, 4) is 0 Å². The lowest BCUT2D eigenvalue weighted by Gasteiger charge is -2.30. The van der Waals surface area contributed by atoms with Gasteiger partial charge in [-0.3, -0.25) is 0 Å². The highest BCUT2D eigenvalue weighted by molar-refractivity contribution is 7.09. The quantitative estimate of drug-likeness (QED) is 0.893. The predicted molar refractivity (Wildman–Crippen MR) is 74.5 cm³/mol. The van der Waals surface area contributed by atoms with Gasteiger partial charge in [0.1, 0.15) is 0 Å². The molecule has 0 saturated heterocycles. The molecule has 1 N–H and O–H groups in total. The van der Waals surface area contributed by atoms with Gasteiger partial charge in [0.05, 0.1) is 10.7 Å². The number of hydrogen-bond acceptors (Lipinski definition) is 3. The van der Waals surface area contributed by atoms with Crippen molar-refractivity contribution < 1.29 is 0 Å². The number of halogens is 1. The smallest absolute Gasteiger partial charge is 0.0897 e. The Bertz CT molecular complexity index is 304. The maximum atomic E-state index is 4.46. The van der Waals surface area contributed by atoms with Gasteiger partial charge < -0.3 is 5.32 Å². The molecule has 0 amide bonds. The van der Waals surface area contributed by atoms with E-state index in [0.29, 0.717) is 11.5 Å². The van der Waals surface area contributed by atoms with E-state index in [9.17, 15) is 0 Å². The molecule has 0 fully saturated rings. The predicted octanol–water partition coefficient (Wildman–Crippen LogP) is 3.79. The molecule has 0 bridgehead atoms. The van der Waals surface area contributed by atoms with Crippen LogP contribution in [0.2, 0.25) is 0 Å². The average molecular weight is 263 g/mol. The SMILES string of the molecule is CCC(NCc1csc(C)n1)C(C)(C)C.Cl. The van der Waals surface area contributed by atoms with Crippen molar-refractivity contribution in [3.63, 3.8) is 0 Å². The van der Waals surface area contributed by atoms with Gasteiger partial charge in [-0.1, -0.05) is 27.7 Å². The highest BCUT2D eigenvalue weighted by Crippen LogP contribution is 2.22. The van der Waals surface area contributed by atoms with E-state index >= 15 is 0 Å². The molecule has 94 valence electrons. The zero-order valence-electron chi connectivity index (χ0n) is 10.8. The number of thiazole rings is 1. The van der Waals surface area contributed by atoms with Crippen molar-refractivity contribution >= 4 is 23.7 Å². The fourth-order valence-electron chi connectivity index (χ4n) is 1.78. The molecule has 0 aliphatic rings. The zero-order valence-corrected chi connectivity index (χ0v) is 12.5. The van der Waals surface area contributed by atoms with Gasteiger partial charge in [-0.05, 0) is 18.8 Å². The monoisotopic (exact) mass is 262 g/mol. The van der Waals surface area contributed by atoms with E-state index in [1.807, 2.05) is 0 Å². The largest absolute Gasteiger partial charge is 0.308 e. The van der Waals surface area contributed by atoms with Crippen LogP contribution in [0.5, 0.6) is 0 Å². The van der Waals surface area contributed by atoms with Crippen LogP contribution in [-0.4, -0.2) is 11.0 Å². The van der Waals surface area contributed by atoms with Crippen LogP contribution in [0, 0.1) is 12.3 Å². The van der Waals surface area contributed by atoms with Crippen molar-refractivity contribution in [2.45, 2.75) is 53.6 Å². The average Bonchev–Trinajstić information content (AvgIpc) is 2.50. The molecule has 0 aliphatic heterocycles. The Morgan fingerprint density at radius 3 is 2.44 bits per heavy atom. The lowest BCUT2D eigenvalue weighted by atomic mass is 9.85. The van der Waals surface area contributed by atoms with E-state index in [0.717, 1.165) is 18.0 Å². The van der Waals surface area contributed by atoms with Crippen molar-refractivity contribution in [3.05, 3.63) is 16.1 Å². The Balaban J connectivity index is 0.00000225. The minimum atomic E-state index is 0. The third-order valence-corrected chi connectivity index (χ3v) is 3.47. The summed E-state index contributed by atoms with van der Waals surface area (Å²) in [6, 6.07) is 0.555. The van der Waals surface area contributed by atoms with Gasteiger partial charge in [-0.2, -0.15) is 0 Å². The number of hydrogen-bond donors (Lipinski definition) is 1. The second-order valence-corrected chi connectivity index (χ2v) is 6.13. The summed E-state index contributed by atoms with van der Waals surface area (Å²) in [5.74, 6) is 0. The normalized spacial score (nSPS) is 13.3. The van der Waals surface area contributed by atoms with E-state index in [1.165, 1.54) is 5.69 Å². The molecule has 1 atom stereocenters. The summed E-state index contributed by atoms with van der Waals surface area (Å²) in [5.41, 5.74) is 1.49. The first-order chi connectivity index (χ1) is 6.93. The molecule has 1 aromatic rings. The number of aromatic nitrogens is 1. The second-order valence-electron chi connectivity index (χ2n) is 5.07. The topological polar surface area (TPSA) is 24.9 Å². The number of rotatable bonds is 4. The van der Waals surface area contributed by atoms with Gasteiger partial charge in [-0.15, -0.1) is 23.7 Å². The molecule has 0 spiro atoms. The lowest BCUT2D eigenvalue weighted by molar-refractivity contribution is 0.259. The summed E-state index contributed by atoms with van der Waals surface area (Å²) in [4.78, 5) is 4.46. The van der Waals surface area contributed by atoms with Crippen LogP contribution in [-0.2, 0) is 6.54 Å². The molecule has 16 heavy (non-hydrogen) atoms. The van der Waals surface area contributed by atoms with Crippen LogP contribution in [0.4, 0.5) is 0 Å². The van der Waals surface area contributed by atoms with Gasteiger partial charge in [0, 0.05) is 18.0 Å². The summed E-state index contributed by atoms with van der Waals surface area (Å²) in [6.07, 6.45) is 1.16. The van der Waals surface area contributed by atoms with Gasteiger partial charge >= 0.3 is 0 Å². The molecule has 0 aromatic carbocycles. The Kier molecular flexibility index (Phi) is 6.53. The van der Waals surface area contributed by atoms with Crippen LogP contribution in [0.15, 0.2) is 5.38 Å². The molecule has 0 saturated carbocycles. The van der Waals surface area contributed by atoms with Crippen LogP contribution in [0.25, 0.3) is 0 Å². The Morgan fingerprint density at radius 2 is 2.06 bits per heavy atom. The Labute approximate surface area is 109 Å². The third kappa shape index (κ3) is 4.81. The molecule has 1 rings (SSSR count). The minimum Gasteiger partial charge on any atom is -0.308 e. The highest BCUT2D eigenvalue weighted by Gasteiger charge is 2.22. The summed E-state index contributed by atoms with van der Waals surface area (Å²) >= 11 is 1.72. The summed E-state index contributed by atoms with van der Waals surface area (Å²) in [5, 5.41) is 6.87. The maximum absolute atomic E-state index is 4.46. The molecule has 4 heteroatoms. The van der Waals surface area contributed by atoms with Crippen molar-refractivity contribution in [1.29, 1.82) is 0 Å². The van der Waals surface area contributed by atoms with E-state index in [-0.39, 0.29) is 12.4 Å². The molecule has 2 nitrogen and oxygen atoms in total. The van der Waals surface area contributed by atoms with E-state index in [4.69, 9.17) is 0 Å². The van der Waals surface area contributed by atoms with E-state index < -0.39 is 0 Å². The van der Waals surface area contributed by atoms with Crippen LogP contribution in [0.1, 0.15) is 44.8 Å². The molecule has 0 aliphatic carbocycles. The fourth-order valence-corrected chi connectivity index (χ4v) is 2.39. The summed E-state index contributed by atoms with van der Waals surface area (Å²) in [6.45, 7) is 12.0. The number of nitrogens with one attached hydrogen (secondary N) is 1. The summed E-state index contributed by atoms with van der Waals surface area (Å²) < 4.78 is 0. The first-order valence-corrected chi connectivity index (χ1v) is 6.46. The van der Waals surface area contributed by atoms with Gasteiger partial charge in [0.25, 0.3) is 0 Å². The molecule has 0 radical (unpaired) electrons. The first kappa shape index (κ1) is 15.9. The second kappa shape index (κ2) is 6.58. The molecular formula is C12H23ClN2S. The van der Waals surface area contributed by atoms with E-state index in [2.05, 4.69) is 50.3 Å². The molecular weight excluding hydrogens is 240 g/mol. The number of nitrogens with zero attached hydrogens (tertiary/aromatic N) is 1. The molecule has 1 heterocycles. The van der Waals surface area contributed by atoms with Gasteiger partial charge in [0.15, 0.2) is 0 Å². The summed E-state index contributed by atoms with van der Waals surface area (Å²) in [7, 11) is 0. The standard InChI is InChI=1S/C12H22N2S.ClH/c1-6-11(12(3,4)5)13-7-10-8-15-9(2)14-10;/h8,11,13H,6-7H2,1-5H3;1H. The lowest BCUT2D eigenvalue weighted by Crippen LogP contribution is -2.39. The zero-order chi connectivity index (χ0) is 11.5. The third-order valence-electron chi connectivity index (χ3n) is 2.65. The van der Waals surface area contributed by atoms with Crippen molar-refractivity contribution in [1.82, 2.24) is 10.3 Å². The fraction of sp³-hybridized carbons (Fsp3) is 0.750. The minimum absolute atomic E-state index is 0. The van der Waals surface area contributed by atoms with Crippen LogP contribution >= 0.6 is 23.7 Å². The first-order valence-electron chi connectivity index (χ1n) is 5.58. The number of aryl methyl sites for hydroxylation is 1. The van der Waals surface area contributed by atoms with Crippen LogP contribution < -0.4 is 5.32 Å². The van der Waals surface area contributed by atoms with Crippen molar-refractivity contribution in [2.75, 3.05) is 0 Å². The van der Waals surface area contributed by atoms with Crippen LogP contribution in [0.3, 0.4) is 0 Å². The maximum Gasteiger partial charge on any atom is 0.0897 e. The highest BCUT2D eigenvalue weighted by atomic mass is 35.5. The van der Waals surface area contributed by atoms with Crippen molar-refractivity contribution in [2.24, 2.45) is 5.41 Å². The Morgan fingerprint density at radius 1 is 1.44 bits per heavy atom. The van der Waals surface area contributed by atoms with E-state index in [1.54, 1.807) is 11.3 Å².